The number of aliphatic hydroxyl groups is 1. The van der Waals surface area contributed by atoms with Crippen LogP contribution in [0.3, 0.4) is 0 Å². The highest BCUT2D eigenvalue weighted by Crippen LogP contribution is 2.31. The summed E-state index contributed by atoms with van der Waals surface area (Å²) in [7, 11) is 1.57. The number of anilines is 1. The van der Waals surface area contributed by atoms with Crippen LogP contribution in [0.25, 0.3) is 0 Å². The van der Waals surface area contributed by atoms with Crippen LogP contribution in [0.2, 0.25) is 0 Å². The van der Waals surface area contributed by atoms with E-state index < -0.39 is 23.8 Å². The summed E-state index contributed by atoms with van der Waals surface area (Å²) >= 11 is 0. The Bertz CT molecular complexity index is 1070. The number of carbonyl (C=O) groups excluding carboxylic acids is 3. The number of carbonyl (C=O) groups is 3. The van der Waals surface area contributed by atoms with Gasteiger partial charge in [-0.1, -0.05) is 49.1 Å². The fourth-order valence-corrected chi connectivity index (χ4v) is 3.35. The maximum absolute atomic E-state index is 12.9. The summed E-state index contributed by atoms with van der Waals surface area (Å²) in [6.07, 6.45) is 0.350. The van der Waals surface area contributed by atoms with Crippen molar-refractivity contribution in [2.45, 2.75) is 25.3 Å². The Morgan fingerprint density at radius 3 is 2.70 bits per heavy atom. The van der Waals surface area contributed by atoms with E-state index in [2.05, 4.69) is 22.5 Å². The first-order valence-electron chi connectivity index (χ1n) is 10.7. The van der Waals surface area contributed by atoms with Crippen LogP contribution in [0.5, 0.6) is 5.75 Å². The van der Waals surface area contributed by atoms with Gasteiger partial charge in [-0.25, -0.2) is 0 Å². The molecule has 0 saturated carbocycles. The highest BCUT2D eigenvalue weighted by molar-refractivity contribution is 6.35. The molecule has 0 radical (unpaired) electrons. The van der Waals surface area contributed by atoms with Crippen LogP contribution in [0.15, 0.2) is 48.5 Å². The zero-order valence-corrected chi connectivity index (χ0v) is 18.6. The summed E-state index contributed by atoms with van der Waals surface area (Å²) in [5.41, 5.74) is 2.22. The van der Waals surface area contributed by atoms with Crippen molar-refractivity contribution in [1.82, 2.24) is 10.6 Å². The Kier molecular flexibility index (Phi) is 8.06. The first-order chi connectivity index (χ1) is 15.9. The number of likely N-dealkylation sites (N-methyl/N-ethyl adjacent to an activating group) is 1. The third kappa shape index (κ3) is 6.11. The molecule has 172 valence electrons. The van der Waals surface area contributed by atoms with Crippen molar-refractivity contribution in [1.29, 1.82) is 0 Å². The van der Waals surface area contributed by atoms with Crippen LogP contribution in [-0.4, -0.2) is 55.7 Å². The average Bonchev–Trinajstić information content (AvgIpc) is 2.95. The Balaban J connectivity index is 1.61. The SMILES string of the molecule is C[C@@H](CNC(=O)C(=O)N[C@H]1COc2ccc(C#CCCO)cc2N(C)C1=O)c1ccccc1. The highest BCUT2D eigenvalue weighted by Gasteiger charge is 2.32. The monoisotopic (exact) mass is 449 g/mol. The van der Waals surface area contributed by atoms with Gasteiger partial charge in [-0.2, -0.15) is 0 Å². The van der Waals surface area contributed by atoms with Crippen LogP contribution < -0.4 is 20.3 Å². The second kappa shape index (κ2) is 11.2. The third-order valence-corrected chi connectivity index (χ3v) is 5.27. The van der Waals surface area contributed by atoms with E-state index in [1.165, 1.54) is 4.90 Å². The Labute approximate surface area is 192 Å². The van der Waals surface area contributed by atoms with Crippen molar-refractivity contribution in [3.63, 3.8) is 0 Å². The summed E-state index contributed by atoms with van der Waals surface area (Å²) in [6, 6.07) is 13.8. The molecule has 0 spiro atoms. The average molecular weight is 450 g/mol. The number of aliphatic hydroxyl groups excluding tert-OH is 1. The molecule has 0 saturated heterocycles. The van der Waals surface area contributed by atoms with Gasteiger partial charge in [0.25, 0.3) is 5.91 Å². The first kappa shape index (κ1) is 23.8. The van der Waals surface area contributed by atoms with Gasteiger partial charge in [0.1, 0.15) is 18.4 Å². The number of amides is 3. The molecule has 33 heavy (non-hydrogen) atoms. The molecule has 0 unspecified atom stereocenters. The van der Waals surface area contributed by atoms with E-state index in [-0.39, 0.29) is 25.7 Å². The van der Waals surface area contributed by atoms with E-state index in [1.54, 1.807) is 25.2 Å². The lowest BCUT2D eigenvalue weighted by atomic mass is 10.0. The minimum Gasteiger partial charge on any atom is -0.489 e. The molecule has 1 heterocycles. The summed E-state index contributed by atoms with van der Waals surface area (Å²) in [5, 5.41) is 13.9. The molecule has 0 fully saturated rings. The van der Waals surface area contributed by atoms with Crippen LogP contribution in [0.1, 0.15) is 30.4 Å². The minimum atomic E-state index is -1.02. The van der Waals surface area contributed by atoms with Gasteiger partial charge >= 0.3 is 11.8 Å². The molecule has 2 atom stereocenters. The molecular weight excluding hydrogens is 422 g/mol. The van der Waals surface area contributed by atoms with E-state index in [4.69, 9.17) is 9.84 Å². The summed E-state index contributed by atoms with van der Waals surface area (Å²) in [4.78, 5) is 39.0. The zero-order chi connectivity index (χ0) is 23.8. The van der Waals surface area contributed by atoms with E-state index in [0.717, 1.165) is 5.56 Å². The lowest BCUT2D eigenvalue weighted by molar-refractivity contribution is -0.140. The standard InChI is InChI=1S/C25H27N3O5/c1-17(19-9-4-3-5-10-19)15-26-23(30)24(31)27-20-16-33-22-12-11-18(8-6-7-13-29)14-21(22)28(2)25(20)32/h3-5,9-12,14,17,20,29H,7,13,15-16H2,1-2H3,(H,26,30)(H,27,31)/t17-,20-/m0/s1. The Morgan fingerprint density at radius 1 is 1.21 bits per heavy atom. The topological polar surface area (TPSA) is 108 Å². The molecule has 3 N–H and O–H groups in total. The van der Waals surface area contributed by atoms with E-state index in [1.807, 2.05) is 37.3 Å². The van der Waals surface area contributed by atoms with E-state index >= 15 is 0 Å². The van der Waals surface area contributed by atoms with Crippen molar-refractivity contribution >= 4 is 23.4 Å². The van der Waals surface area contributed by atoms with Gasteiger partial charge < -0.3 is 25.4 Å². The van der Waals surface area contributed by atoms with Gasteiger partial charge in [0.2, 0.25) is 0 Å². The van der Waals surface area contributed by atoms with Crippen molar-refractivity contribution in [3.05, 3.63) is 59.7 Å². The normalized spacial score (nSPS) is 15.8. The molecule has 2 aromatic carbocycles. The van der Waals surface area contributed by atoms with Crippen LogP contribution >= 0.6 is 0 Å². The largest absolute Gasteiger partial charge is 0.489 e. The second-order valence-corrected chi connectivity index (χ2v) is 7.71. The molecule has 8 nitrogen and oxygen atoms in total. The predicted octanol–water partition coefficient (Wildman–Crippen LogP) is 1.18. The molecule has 1 aliphatic heterocycles. The Morgan fingerprint density at radius 2 is 1.97 bits per heavy atom. The van der Waals surface area contributed by atoms with Gasteiger partial charge in [-0.05, 0) is 29.7 Å². The predicted molar refractivity (Wildman–Crippen MR) is 124 cm³/mol. The maximum Gasteiger partial charge on any atom is 0.310 e. The third-order valence-electron chi connectivity index (χ3n) is 5.27. The number of hydrogen-bond acceptors (Lipinski definition) is 5. The van der Waals surface area contributed by atoms with Crippen LogP contribution in [0.4, 0.5) is 5.69 Å². The minimum absolute atomic E-state index is 0.0282. The van der Waals surface area contributed by atoms with Gasteiger partial charge in [-0.3, -0.25) is 14.4 Å². The lowest BCUT2D eigenvalue weighted by Gasteiger charge is -2.20. The van der Waals surface area contributed by atoms with Crippen molar-refractivity contribution in [2.75, 3.05) is 31.7 Å². The summed E-state index contributed by atoms with van der Waals surface area (Å²) < 4.78 is 5.72. The molecular formula is C25H27N3O5. The molecule has 1 aliphatic rings. The van der Waals surface area contributed by atoms with E-state index in [9.17, 15) is 14.4 Å². The molecule has 2 aromatic rings. The first-order valence-corrected chi connectivity index (χ1v) is 10.7. The quantitative estimate of drug-likeness (QED) is 0.469. The van der Waals surface area contributed by atoms with Crippen molar-refractivity contribution in [2.24, 2.45) is 0 Å². The van der Waals surface area contributed by atoms with E-state index in [0.29, 0.717) is 23.4 Å². The molecule has 8 heteroatoms. The molecule has 0 bridgehead atoms. The molecule has 3 rings (SSSR count). The highest BCUT2D eigenvalue weighted by atomic mass is 16.5. The zero-order valence-electron chi connectivity index (χ0n) is 18.6. The smallest absolute Gasteiger partial charge is 0.310 e. The van der Waals surface area contributed by atoms with Crippen molar-refractivity contribution < 1.29 is 24.2 Å². The number of ether oxygens (including phenoxy) is 1. The van der Waals surface area contributed by atoms with Crippen molar-refractivity contribution in [3.8, 4) is 17.6 Å². The number of nitrogens with zero attached hydrogens (tertiary/aromatic N) is 1. The number of hydrogen-bond donors (Lipinski definition) is 3. The Hall–Kier alpha value is -3.83. The number of nitrogens with one attached hydrogen (secondary N) is 2. The maximum atomic E-state index is 12.9. The van der Waals surface area contributed by atoms with Gasteiger partial charge in [0, 0.05) is 25.6 Å². The lowest BCUT2D eigenvalue weighted by Crippen LogP contribution is -2.53. The van der Waals surface area contributed by atoms with Gasteiger partial charge in [-0.15, -0.1) is 0 Å². The number of rotatable bonds is 5. The fraction of sp³-hybridized carbons (Fsp3) is 0.320. The molecule has 3 amide bonds. The van der Waals surface area contributed by atoms with Crippen LogP contribution in [-0.2, 0) is 14.4 Å². The second-order valence-electron chi connectivity index (χ2n) is 7.71. The molecule has 0 aromatic heterocycles. The fourth-order valence-electron chi connectivity index (χ4n) is 3.35. The summed E-state index contributed by atoms with van der Waals surface area (Å²) in [6.45, 7) is 2.10. The van der Waals surface area contributed by atoms with Gasteiger partial charge in [0.05, 0.1) is 12.3 Å². The number of benzene rings is 2. The molecule has 0 aliphatic carbocycles. The van der Waals surface area contributed by atoms with Gasteiger partial charge in [0.15, 0.2) is 0 Å². The van der Waals surface area contributed by atoms with Crippen LogP contribution in [0, 0.1) is 11.8 Å². The number of fused-ring (bicyclic) bond motifs is 1. The summed E-state index contributed by atoms with van der Waals surface area (Å²) in [5.74, 6) is 4.13.